The van der Waals surface area contributed by atoms with Crippen molar-refractivity contribution < 1.29 is 27.6 Å². The van der Waals surface area contributed by atoms with E-state index in [1.807, 2.05) is 0 Å². The molecular weight excluding hydrogens is 234 g/mol. The van der Waals surface area contributed by atoms with Crippen LogP contribution in [0.4, 0.5) is 23.2 Å². The number of hydrogen-bond acceptors (Lipinski definition) is 3. The van der Waals surface area contributed by atoms with Crippen LogP contribution in [-0.2, 0) is 0 Å². The van der Waals surface area contributed by atoms with E-state index in [0.29, 0.717) is 12.1 Å². The highest BCUT2D eigenvalue weighted by Crippen LogP contribution is 2.30. The molecule has 0 amide bonds. The van der Waals surface area contributed by atoms with Crippen LogP contribution in [0.3, 0.4) is 0 Å². The summed E-state index contributed by atoms with van der Waals surface area (Å²) in [7, 11) is 0. The number of nitro benzene ring substituents is 1. The molecule has 0 radical (unpaired) electrons. The zero-order chi connectivity index (χ0) is 12.5. The lowest BCUT2D eigenvalue weighted by molar-refractivity contribution is -0.387. The second-order valence-electron chi connectivity index (χ2n) is 2.83. The van der Waals surface area contributed by atoms with Gasteiger partial charge in [0.2, 0.25) is 5.82 Å². The number of benzene rings is 1. The van der Waals surface area contributed by atoms with Crippen molar-refractivity contribution in [3.63, 3.8) is 0 Å². The molecule has 0 saturated heterocycles. The number of halogens is 4. The SMILES string of the molecule is O=[N+]([O-])c1ccc(F)c(C(O)C(F)F)c1F. The molecule has 1 aromatic rings. The summed E-state index contributed by atoms with van der Waals surface area (Å²) in [5.74, 6) is -3.26. The number of nitrogens with zero attached hydrogens (tertiary/aromatic N) is 1. The molecule has 0 fully saturated rings. The molecule has 1 unspecified atom stereocenters. The standard InChI is InChI=1S/C8H5F4NO3/c9-3-1-2-4(13(15)16)6(10)5(3)7(14)8(11)12/h1-2,7-8,14H. The third-order valence-corrected chi connectivity index (χ3v) is 1.84. The van der Waals surface area contributed by atoms with Gasteiger partial charge in [-0.1, -0.05) is 0 Å². The van der Waals surface area contributed by atoms with Gasteiger partial charge in [0.15, 0.2) is 0 Å². The van der Waals surface area contributed by atoms with Crippen molar-refractivity contribution in [1.29, 1.82) is 0 Å². The lowest BCUT2D eigenvalue weighted by Crippen LogP contribution is -2.13. The molecule has 0 bridgehead atoms. The minimum absolute atomic E-state index is 0.447. The Hall–Kier alpha value is -1.70. The van der Waals surface area contributed by atoms with Gasteiger partial charge in [0.25, 0.3) is 6.43 Å². The Morgan fingerprint density at radius 1 is 1.31 bits per heavy atom. The van der Waals surface area contributed by atoms with Crippen molar-refractivity contribution in [3.8, 4) is 0 Å². The molecule has 1 N–H and O–H groups in total. The average Bonchev–Trinajstić information content (AvgIpc) is 2.16. The highest BCUT2D eigenvalue weighted by Gasteiger charge is 2.31. The van der Waals surface area contributed by atoms with Crippen LogP contribution in [0.15, 0.2) is 12.1 Å². The first-order valence-corrected chi connectivity index (χ1v) is 3.94. The topological polar surface area (TPSA) is 63.4 Å². The fourth-order valence-corrected chi connectivity index (χ4v) is 1.10. The van der Waals surface area contributed by atoms with Gasteiger partial charge in [0.1, 0.15) is 11.9 Å². The molecule has 0 spiro atoms. The molecule has 1 rings (SSSR count). The van der Waals surface area contributed by atoms with Crippen molar-refractivity contribution in [2.45, 2.75) is 12.5 Å². The molecule has 88 valence electrons. The smallest absolute Gasteiger partial charge is 0.305 e. The maximum Gasteiger partial charge on any atom is 0.305 e. The summed E-state index contributed by atoms with van der Waals surface area (Å²) < 4.78 is 50.3. The van der Waals surface area contributed by atoms with Gasteiger partial charge in [-0.25, -0.2) is 13.2 Å². The van der Waals surface area contributed by atoms with Crippen molar-refractivity contribution in [2.24, 2.45) is 0 Å². The Morgan fingerprint density at radius 3 is 2.31 bits per heavy atom. The molecule has 0 aliphatic heterocycles. The molecule has 0 aromatic heterocycles. The first-order chi connectivity index (χ1) is 7.36. The summed E-state index contributed by atoms with van der Waals surface area (Å²) in [5, 5.41) is 19.1. The fourth-order valence-electron chi connectivity index (χ4n) is 1.10. The summed E-state index contributed by atoms with van der Waals surface area (Å²) >= 11 is 0. The summed E-state index contributed by atoms with van der Waals surface area (Å²) in [6, 6.07) is 0.939. The van der Waals surface area contributed by atoms with Gasteiger partial charge in [-0.05, 0) is 6.07 Å². The molecule has 0 aliphatic rings. The third-order valence-electron chi connectivity index (χ3n) is 1.84. The van der Waals surface area contributed by atoms with E-state index in [1.165, 1.54) is 0 Å². The lowest BCUT2D eigenvalue weighted by Gasteiger charge is -2.11. The Balaban J connectivity index is 3.37. The number of aliphatic hydroxyl groups excluding tert-OH is 1. The predicted molar refractivity (Wildman–Crippen MR) is 44.0 cm³/mol. The van der Waals surface area contributed by atoms with E-state index < -0.39 is 40.3 Å². The van der Waals surface area contributed by atoms with E-state index >= 15 is 0 Å². The molecule has 1 aromatic carbocycles. The molecule has 0 saturated carbocycles. The van der Waals surface area contributed by atoms with E-state index in [4.69, 9.17) is 5.11 Å². The van der Waals surface area contributed by atoms with Crippen LogP contribution in [0.5, 0.6) is 0 Å². The molecule has 0 heterocycles. The van der Waals surface area contributed by atoms with Crippen LogP contribution in [-0.4, -0.2) is 16.5 Å². The van der Waals surface area contributed by atoms with Gasteiger partial charge in [0, 0.05) is 6.07 Å². The Morgan fingerprint density at radius 2 is 1.88 bits per heavy atom. The Labute approximate surface area is 86.3 Å². The molecule has 1 atom stereocenters. The molecule has 0 aliphatic carbocycles. The van der Waals surface area contributed by atoms with Crippen LogP contribution < -0.4 is 0 Å². The van der Waals surface area contributed by atoms with E-state index in [2.05, 4.69) is 0 Å². The van der Waals surface area contributed by atoms with Crippen molar-refractivity contribution in [2.75, 3.05) is 0 Å². The van der Waals surface area contributed by atoms with Gasteiger partial charge >= 0.3 is 5.69 Å². The first-order valence-electron chi connectivity index (χ1n) is 3.94. The summed E-state index contributed by atoms with van der Waals surface area (Å²) in [5.41, 5.74) is -2.57. The van der Waals surface area contributed by atoms with E-state index in [1.54, 1.807) is 0 Å². The number of nitro groups is 1. The fraction of sp³-hybridized carbons (Fsp3) is 0.250. The van der Waals surface area contributed by atoms with Gasteiger partial charge in [-0.15, -0.1) is 0 Å². The maximum atomic E-state index is 13.2. The second-order valence-corrected chi connectivity index (χ2v) is 2.83. The average molecular weight is 239 g/mol. The predicted octanol–water partition coefficient (Wildman–Crippen LogP) is 2.17. The lowest BCUT2D eigenvalue weighted by atomic mass is 10.1. The van der Waals surface area contributed by atoms with Crippen LogP contribution in [0, 0.1) is 21.7 Å². The van der Waals surface area contributed by atoms with Crippen LogP contribution in [0.25, 0.3) is 0 Å². The van der Waals surface area contributed by atoms with Crippen LogP contribution >= 0.6 is 0 Å². The summed E-state index contributed by atoms with van der Waals surface area (Å²) in [6.07, 6.45) is -6.18. The summed E-state index contributed by atoms with van der Waals surface area (Å²) in [4.78, 5) is 9.05. The highest BCUT2D eigenvalue weighted by molar-refractivity contribution is 5.39. The zero-order valence-corrected chi connectivity index (χ0v) is 7.53. The second kappa shape index (κ2) is 4.44. The van der Waals surface area contributed by atoms with Crippen LogP contribution in [0.1, 0.15) is 11.7 Å². The Bertz CT molecular complexity index is 424. The van der Waals surface area contributed by atoms with E-state index in [0.717, 1.165) is 0 Å². The number of alkyl halides is 2. The van der Waals surface area contributed by atoms with Gasteiger partial charge in [-0.2, -0.15) is 4.39 Å². The molecule has 4 nitrogen and oxygen atoms in total. The quantitative estimate of drug-likeness (QED) is 0.499. The number of rotatable bonds is 3. The van der Waals surface area contributed by atoms with Crippen molar-refractivity contribution in [1.82, 2.24) is 0 Å². The molecular formula is C8H5F4NO3. The maximum absolute atomic E-state index is 13.2. The molecule has 16 heavy (non-hydrogen) atoms. The van der Waals surface area contributed by atoms with Gasteiger partial charge < -0.3 is 5.11 Å². The van der Waals surface area contributed by atoms with Gasteiger partial charge in [-0.3, -0.25) is 10.1 Å². The minimum Gasteiger partial charge on any atom is -0.382 e. The van der Waals surface area contributed by atoms with Gasteiger partial charge in [0.05, 0.1) is 10.5 Å². The normalized spacial score (nSPS) is 12.9. The number of hydrogen-bond donors (Lipinski definition) is 1. The molecule has 8 heteroatoms. The monoisotopic (exact) mass is 239 g/mol. The zero-order valence-electron chi connectivity index (χ0n) is 7.53. The van der Waals surface area contributed by atoms with E-state index in [-0.39, 0.29) is 0 Å². The Kier molecular flexibility index (Phi) is 3.43. The minimum atomic E-state index is -3.44. The van der Waals surface area contributed by atoms with Crippen molar-refractivity contribution >= 4 is 5.69 Å². The van der Waals surface area contributed by atoms with Crippen LogP contribution in [0.2, 0.25) is 0 Å². The summed E-state index contributed by atoms with van der Waals surface area (Å²) in [6.45, 7) is 0. The largest absolute Gasteiger partial charge is 0.382 e. The van der Waals surface area contributed by atoms with E-state index in [9.17, 15) is 27.7 Å². The third kappa shape index (κ3) is 2.11. The van der Waals surface area contributed by atoms with Crippen molar-refractivity contribution in [3.05, 3.63) is 39.4 Å². The highest BCUT2D eigenvalue weighted by atomic mass is 19.3. The first kappa shape index (κ1) is 12.4. The number of aliphatic hydroxyl groups is 1.